The van der Waals surface area contributed by atoms with E-state index in [1.54, 1.807) is 0 Å². The lowest BCUT2D eigenvalue weighted by Gasteiger charge is -2.56. The van der Waals surface area contributed by atoms with Crippen LogP contribution in [0, 0.1) is 11.3 Å². The number of carbonyl (C=O) groups is 1. The predicted octanol–water partition coefficient (Wildman–Crippen LogP) is 2.46. The van der Waals surface area contributed by atoms with Gasteiger partial charge in [-0.3, -0.25) is 4.79 Å². The van der Waals surface area contributed by atoms with Gasteiger partial charge in [0.1, 0.15) is 0 Å². The first-order valence-corrected chi connectivity index (χ1v) is 9.74. The largest absolute Gasteiger partial charge is 0.397 e. The number of nitrogens with zero attached hydrogens (tertiary/aromatic N) is 1. The fourth-order valence-corrected chi connectivity index (χ4v) is 4.44. The minimum Gasteiger partial charge on any atom is -0.397 e. The number of nitrogen functional groups attached to an aromatic ring is 1. The molecule has 0 radical (unpaired) electrons. The number of benzene rings is 1. The summed E-state index contributed by atoms with van der Waals surface area (Å²) in [7, 11) is 1.86. The average molecular weight is 358 g/mol. The molecule has 2 heterocycles. The Morgan fingerprint density at radius 3 is 2.50 bits per heavy atom. The molecule has 142 valence electrons. The molecule has 26 heavy (non-hydrogen) atoms. The Morgan fingerprint density at radius 1 is 1.23 bits per heavy atom. The van der Waals surface area contributed by atoms with E-state index in [1.807, 2.05) is 19.2 Å². The fraction of sp³-hybridized carbons (Fsp3) is 0.650. The van der Waals surface area contributed by atoms with Gasteiger partial charge in [-0.2, -0.15) is 0 Å². The summed E-state index contributed by atoms with van der Waals surface area (Å²) in [5.74, 6) is 0.769. The number of carbonyl (C=O) groups excluding carboxylic acids is 1. The van der Waals surface area contributed by atoms with Crippen molar-refractivity contribution in [2.45, 2.75) is 38.6 Å². The van der Waals surface area contributed by atoms with Gasteiger partial charge in [0.25, 0.3) is 5.91 Å². The summed E-state index contributed by atoms with van der Waals surface area (Å²) in [4.78, 5) is 15.3. The van der Waals surface area contributed by atoms with Gasteiger partial charge in [-0.25, -0.2) is 0 Å². The van der Waals surface area contributed by atoms with Crippen molar-refractivity contribution in [3.05, 3.63) is 17.7 Å². The van der Waals surface area contributed by atoms with Gasteiger partial charge in [0.05, 0.1) is 41.3 Å². The first-order chi connectivity index (χ1) is 12.5. The van der Waals surface area contributed by atoms with Crippen LogP contribution in [0.15, 0.2) is 12.1 Å². The minimum atomic E-state index is -0.000263. The molecule has 2 aliphatic heterocycles. The first kappa shape index (κ1) is 17.5. The Morgan fingerprint density at radius 2 is 1.92 bits per heavy atom. The monoisotopic (exact) mass is 358 g/mol. The van der Waals surface area contributed by atoms with Gasteiger partial charge in [0.15, 0.2) is 0 Å². The number of ether oxygens (including phenoxy) is 1. The van der Waals surface area contributed by atoms with Gasteiger partial charge < -0.3 is 26.0 Å². The molecule has 1 amide bonds. The molecule has 0 unspecified atom stereocenters. The summed E-state index contributed by atoms with van der Waals surface area (Å²) < 4.78 is 5.38. The number of anilines is 3. The van der Waals surface area contributed by atoms with Crippen LogP contribution in [0.3, 0.4) is 0 Å². The molecule has 0 bridgehead atoms. The summed E-state index contributed by atoms with van der Waals surface area (Å²) in [5.41, 5.74) is 9.61. The van der Waals surface area contributed by atoms with Crippen molar-refractivity contribution < 1.29 is 9.53 Å². The van der Waals surface area contributed by atoms with E-state index in [1.165, 1.54) is 12.8 Å². The maximum atomic E-state index is 13.0. The molecule has 0 atom stereocenters. The highest BCUT2D eigenvalue weighted by Gasteiger charge is 2.49. The molecule has 2 saturated heterocycles. The van der Waals surface area contributed by atoms with Crippen molar-refractivity contribution in [3.8, 4) is 0 Å². The van der Waals surface area contributed by atoms with E-state index in [2.05, 4.69) is 22.5 Å². The summed E-state index contributed by atoms with van der Waals surface area (Å²) in [6.07, 6.45) is 4.51. The van der Waals surface area contributed by atoms with Crippen LogP contribution in [0.5, 0.6) is 0 Å². The molecule has 1 aliphatic carbocycles. The average Bonchev–Trinajstić information content (AvgIpc) is 2.55. The van der Waals surface area contributed by atoms with Gasteiger partial charge in [-0.05, 0) is 43.7 Å². The summed E-state index contributed by atoms with van der Waals surface area (Å²) in [6, 6.07) is 4.11. The number of nitrogens with one attached hydrogen (secondary N) is 2. The quantitative estimate of drug-likeness (QED) is 0.721. The van der Waals surface area contributed by atoms with Crippen LogP contribution in [-0.4, -0.2) is 45.3 Å². The Labute approximate surface area is 155 Å². The predicted molar refractivity (Wildman–Crippen MR) is 105 cm³/mol. The lowest BCUT2D eigenvalue weighted by molar-refractivity contribution is -0.127. The molecule has 6 nitrogen and oxygen atoms in total. The van der Waals surface area contributed by atoms with Crippen LogP contribution in [0.25, 0.3) is 0 Å². The molecule has 4 rings (SSSR count). The third-order valence-electron chi connectivity index (χ3n) is 6.24. The molecule has 1 spiro atoms. The first-order valence-electron chi connectivity index (χ1n) is 9.74. The molecular weight excluding hydrogens is 328 g/mol. The number of amides is 1. The zero-order chi connectivity index (χ0) is 18.3. The normalized spacial score (nSPS) is 26.8. The Hall–Kier alpha value is -1.95. The van der Waals surface area contributed by atoms with E-state index in [-0.39, 0.29) is 11.9 Å². The van der Waals surface area contributed by atoms with E-state index in [0.29, 0.717) is 16.7 Å². The lowest BCUT2D eigenvalue weighted by Crippen LogP contribution is -2.66. The van der Waals surface area contributed by atoms with E-state index < -0.39 is 0 Å². The van der Waals surface area contributed by atoms with Crippen LogP contribution < -0.4 is 21.3 Å². The fourth-order valence-electron chi connectivity index (χ4n) is 4.44. The smallest absolute Gasteiger partial charge is 0.253 e. The third-order valence-corrected chi connectivity index (χ3v) is 6.24. The van der Waals surface area contributed by atoms with Crippen LogP contribution in [0.2, 0.25) is 0 Å². The second-order valence-corrected chi connectivity index (χ2v) is 8.49. The molecule has 1 aromatic rings. The molecule has 6 heteroatoms. The van der Waals surface area contributed by atoms with Crippen molar-refractivity contribution in [3.63, 3.8) is 0 Å². The van der Waals surface area contributed by atoms with Gasteiger partial charge >= 0.3 is 0 Å². The topological polar surface area (TPSA) is 79.6 Å². The maximum absolute atomic E-state index is 13.0. The molecule has 3 fully saturated rings. The van der Waals surface area contributed by atoms with Crippen molar-refractivity contribution in [2.75, 3.05) is 49.3 Å². The Balaban J connectivity index is 1.53. The van der Waals surface area contributed by atoms with Gasteiger partial charge in [-0.15, -0.1) is 0 Å². The number of rotatable bonds is 4. The summed E-state index contributed by atoms with van der Waals surface area (Å²) in [5, 5.41) is 6.38. The molecule has 1 saturated carbocycles. The van der Waals surface area contributed by atoms with Crippen molar-refractivity contribution in [1.82, 2.24) is 5.32 Å². The highest BCUT2D eigenvalue weighted by Crippen LogP contribution is 2.42. The second-order valence-electron chi connectivity index (χ2n) is 8.49. The highest BCUT2D eigenvalue weighted by atomic mass is 16.5. The van der Waals surface area contributed by atoms with Crippen molar-refractivity contribution >= 4 is 23.0 Å². The van der Waals surface area contributed by atoms with Crippen molar-refractivity contribution in [1.29, 1.82) is 0 Å². The van der Waals surface area contributed by atoms with Gasteiger partial charge in [0.2, 0.25) is 0 Å². The van der Waals surface area contributed by atoms with E-state index in [4.69, 9.17) is 10.5 Å². The van der Waals surface area contributed by atoms with Crippen LogP contribution >= 0.6 is 0 Å². The number of hydrogen-bond acceptors (Lipinski definition) is 5. The SMILES string of the molecule is CNc1cc(N2CC3(COC3)C2)c(C(=O)NC2CCC(C)CC2)cc1N. The third kappa shape index (κ3) is 3.11. The standard InChI is InChI=1S/C20H30N4O2/c1-13-3-5-14(6-4-13)23-19(25)15-7-16(21)17(22-2)8-18(15)24-9-20(10-24)11-26-12-20/h7-8,13-14,22H,3-6,9-12,21H2,1-2H3,(H,23,25). The van der Waals surface area contributed by atoms with Gasteiger partial charge in [-0.1, -0.05) is 6.92 Å². The maximum Gasteiger partial charge on any atom is 0.253 e. The Bertz CT molecular complexity index is 685. The summed E-state index contributed by atoms with van der Waals surface area (Å²) in [6.45, 7) is 5.85. The van der Waals surface area contributed by atoms with E-state index in [0.717, 1.165) is 56.4 Å². The minimum absolute atomic E-state index is 0.000263. The van der Waals surface area contributed by atoms with Crippen LogP contribution in [0.4, 0.5) is 17.1 Å². The molecule has 0 aromatic heterocycles. The van der Waals surface area contributed by atoms with E-state index >= 15 is 0 Å². The number of hydrogen-bond donors (Lipinski definition) is 3. The molecule has 3 aliphatic rings. The van der Waals surface area contributed by atoms with E-state index in [9.17, 15) is 4.79 Å². The number of nitrogens with two attached hydrogens (primary N) is 1. The van der Waals surface area contributed by atoms with Crippen LogP contribution in [-0.2, 0) is 4.74 Å². The zero-order valence-corrected chi connectivity index (χ0v) is 15.8. The van der Waals surface area contributed by atoms with Crippen molar-refractivity contribution in [2.24, 2.45) is 11.3 Å². The zero-order valence-electron chi connectivity index (χ0n) is 15.8. The summed E-state index contributed by atoms with van der Waals surface area (Å²) >= 11 is 0. The molecule has 1 aromatic carbocycles. The lowest BCUT2D eigenvalue weighted by atomic mass is 9.77. The molecule has 4 N–H and O–H groups in total. The highest BCUT2D eigenvalue weighted by molar-refractivity contribution is 6.02. The second kappa shape index (κ2) is 6.65. The Kier molecular flexibility index (Phi) is 4.47. The van der Waals surface area contributed by atoms with Crippen LogP contribution in [0.1, 0.15) is 43.0 Å². The van der Waals surface area contributed by atoms with Gasteiger partial charge in [0, 0.05) is 26.2 Å². The molecular formula is C20H30N4O2.